The van der Waals surface area contributed by atoms with Crippen LogP contribution in [-0.4, -0.2) is 32.0 Å². The Labute approximate surface area is 110 Å². The van der Waals surface area contributed by atoms with Crippen molar-refractivity contribution in [2.24, 2.45) is 5.41 Å². The molecule has 0 fully saturated rings. The molecular weight excluding hydrogens is 298 g/mol. The Balaban J connectivity index is 2.76. The van der Waals surface area contributed by atoms with Crippen molar-refractivity contribution in [2.45, 2.75) is 19.4 Å². The highest BCUT2D eigenvalue weighted by molar-refractivity contribution is 7.60. The normalized spacial score (nSPS) is 34.2. The Morgan fingerprint density at radius 3 is 2.11 bits per heavy atom. The van der Waals surface area contributed by atoms with E-state index in [0.717, 1.165) is 0 Å². The van der Waals surface area contributed by atoms with Crippen LogP contribution in [0.5, 0.6) is 0 Å². The van der Waals surface area contributed by atoms with Gasteiger partial charge in [0, 0.05) is 5.41 Å². The topological polar surface area (TPSA) is 134 Å². The lowest BCUT2D eigenvalue weighted by Gasteiger charge is -2.40. The van der Waals surface area contributed by atoms with Crippen LogP contribution >= 0.6 is 15.6 Å². The molecule has 4 N–H and O–H groups in total. The first-order chi connectivity index (χ1) is 8.37. The van der Waals surface area contributed by atoms with Crippen LogP contribution in [-0.2, 0) is 18.0 Å². The molecule has 0 heterocycles. The van der Waals surface area contributed by atoms with E-state index < -0.39 is 33.3 Å². The van der Waals surface area contributed by atoms with Crippen LogP contribution in [0, 0.1) is 5.41 Å². The van der Waals surface area contributed by atoms with Gasteiger partial charge in [0.2, 0.25) is 0 Å². The number of phosphoric ester groups is 1. The van der Waals surface area contributed by atoms with Crippen molar-refractivity contribution in [3.05, 3.63) is 24.3 Å². The number of rotatable bonds is 5. The molecule has 0 saturated carbocycles. The smallest absolute Gasteiger partial charge is 0.385 e. The van der Waals surface area contributed by atoms with E-state index in [1.807, 2.05) is 0 Å². The zero-order valence-electron chi connectivity index (χ0n) is 10.3. The summed E-state index contributed by atoms with van der Waals surface area (Å²) in [5.41, 5.74) is -2.39. The number of hydrogen-bond donors (Lipinski definition) is 4. The summed E-state index contributed by atoms with van der Waals surface area (Å²) in [6.45, 7) is 2.57. The lowest BCUT2D eigenvalue weighted by atomic mass is 9.72. The van der Waals surface area contributed by atoms with Gasteiger partial charge in [0.15, 0.2) is 0 Å². The molecule has 3 unspecified atom stereocenters. The summed E-state index contributed by atoms with van der Waals surface area (Å²) in [4.78, 5) is 26.1. The van der Waals surface area contributed by atoms with Gasteiger partial charge in [0.25, 0.3) is 0 Å². The maximum Gasteiger partial charge on any atom is 0.481 e. The third kappa shape index (κ3) is 4.63. The van der Waals surface area contributed by atoms with Gasteiger partial charge in [-0.1, -0.05) is 31.2 Å². The predicted molar refractivity (Wildman–Crippen MR) is 65.9 cm³/mol. The van der Waals surface area contributed by atoms with E-state index in [4.69, 9.17) is 14.7 Å². The van der Waals surface area contributed by atoms with Crippen LogP contribution in [0.15, 0.2) is 24.3 Å². The molecule has 8 nitrogen and oxygen atoms in total. The average molecular weight is 314 g/mol. The Morgan fingerprint density at radius 1 is 1.11 bits per heavy atom. The average Bonchev–Trinajstić information content (AvgIpc) is 2.17. The summed E-state index contributed by atoms with van der Waals surface area (Å²) in [6.07, 6.45) is 6.26. The van der Waals surface area contributed by atoms with Crippen molar-refractivity contribution in [3.63, 3.8) is 0 Å². The summed E-state index contributed by atoms with van der Waals surface area (Å²) in [6, 6.07) is 0. The van der Waals surface area contributed by atoms with Crippen molar-refractivity contribution in [1.29, 1.82) is 0 Å². The van der Waals surface area contributed by atoms with Gasteiger partial charge in [0.1, 0.15) is 0 Å². The largest absolute Gasteiger partial charge is 0.481 e. The molecule has 1 aliphatic carbocycles. The van der Waals surface area contributed by atoms with Crippen LogP contribution in [0.3, 0.4) is 0 Å². The zero-order valence-corrected chi connectivity index (χ0v) is 12.1. The Kier molecular flexibility index (Phi) is 4.62. The minimum Gasteiger partial charge on any atom is -0.385 e. The monoisotopic (exact) mass is 314 g/mol. The minimum atomic E-state index is -5.14. The van der Waals surface area contributed by atoms with E-state index in [2.05, 4.69) is 8.83 Å². The van der Waals surface area contributed by atoms with Crippen LogP contribution in [0.1, 0.15) is 13.8 Å². The molecule has 10 heteroatoms. The van der Waals surface area contributed by atoms with Crippen molar-refractivity contribution in [1.82, 2.24) is 0 Å². The van der Waals surface area contributed by atoms with Gasteiger partial charge < -0.3 is 19.8 Å². The molecule has 0 aliphatic heterocycles. The summed E-state index contributed by atoms with van der Waals surface area (Å²) >= 11 is 0. The molecule has 3 atom stereocenters. The van der Waals surface area contributed by atoms with Gasteiger partial charge in [-0.05, 0) is 6.92 Å². The third-order valence-electron chi connectivity index (χ3n) is 2.89. The summed E-state index contributed by atoms with van der Waals surface area (Å²) in [7, 11) is -10.1. The standard InChI is InChI=1S/C9H16O8P2/c1-8(5-3-4-6-9(8,2)10)7-16-19(14,15)17-18(11,12)13/h3-6,10H,7H2,1-2H3,(H,14,15)(H2,11,12,13). The molecule has 0 saturated heterocycles. The predicted octanol–water partition coefficient (Wildman–Crippen LogP) is 1.10. The Hall–Kier alpha value is -0.300. The first-order valence-electron chi connectivity index (χ1n) is 5.21. The number of phosphoric acid groups is 2. The zero-order chi connectivity index (χ0) is 14.9. The summed E-state index contributed by atoms with van der Waals surface area (Å²) in [5, 5.41) is 10.1. The number of allylic oxidation sites excluding steroid dienone is 2. The van der Waals surface area contributed by atoms with Crippen molar-refractivity contribution < 1.29 is 37.8 Å². The molecule has 1 rings (SSSR count). The van der Waals surface area contributed by atoms with E-state index >= 15 is 0 Å². The third-order valence-corrected chi connectivity index (χ3v) is 5.02. The highest BCUT2D eigenvalue weighted by Gasteiger charge is 2.43. The molecule has 0 radical (unpaired) electrons. The second-order valence-corrected chi connectivity index (χ2v) is 7.43. The van der Waals surface area contributed by atoms with Gasteiger partial charge in [-0.15, -0.1) is 0 Å². The molecule has 0 aromatic carbocycles. The first-order valence-corrected chi connectivity index (χ1v) is 8.23. The summed E-state index contributed by atoms with van der Waals surface area (Å²) in [5.74, 6) is 0. The van der Waals surface area contributed by atoms with Crippen LogP contribution in [0.25, 0.3) is 0 Å². The second-order valence-electron chi connectivity index (χ2n) is 4.60. The molecule has 19 heavy (non-hydrogen) atoms. The molecule has 1 aliphatic rings. The summed E-state index contributed by atoms with van der Waals surface area (Å²) < 4.78 is 30.0. The second kappa shape index (κ2) is 5.24. The molecular formula is C9H16O8P2. The van der Waals surface area contributed by atoms with Gasteiger partial charge in [-0.25, -0.2) is 9.13 Å². The molecule has 0 spiro atoms. The van der Waals surface area contributed by atoms with Crippen LogP contribution in [0.2, 0.25) is 0 Å². The van der Waals surface area contributed by atoms with Crippen LogP contribution < -0.4 is 0 Å². The van der Waals surface area contributed by atoms with Gasteiger partial charge in [-0.2, -0.15) is 4.31 Å². The van der Waals surface area contributed by atoms with E-state index in [9.17, 15) is 14.2 Å². The fourth-order valence-electron chi connectivity index (χ4n) is 1.44. The lowest BCUT2D eigenvalue weighted by molar-refractivity contribution is -0.0220. The Bertz CT molecular complexity index is 490. The van der Waals surface area contributed by atoms with Gasteiger partial charge in [-0.3, -0.25) is 4.52 Å². The van der Waals surface area contributed by atoms with E-state index in [1.54, 1.807) is 25.2 Å². The first kappa shape index (κ1) is 16.8. The molecule has 0 amide bonds. The van der Waals surface area contributed by atoms with E-state index in [0.29, 0.717) is 0 Å². The Morgan fingerprint density at radius 2 is 1.63 bits per heavy atom. The fraction of sp³-hybridized carbons (Fsp3) is 0.556. The van der Waals surface area contributed by atoms with E-state index in [1.165, 1.54) is 13.0 Å². The SMILES string of the molecule is CC1(O)C=CC=CC1(C)COP(=O)(O)OP(=O)(O)O. The molecule has 0 aromatic heterocycles. The maximum atomic E-state index is 11.3. The lowest BCUT2D eigenvalue weighted by Crippen LogP contribution is -2.45. The maximum absolute atomic E-state index is 11.3. The van der Waals surface area contributed by atoms with Crippen molar-refractivity contribution >= 4 is 15.6 Å². The number of hydrogen-bond acceptors (Lipinski definition) is 5. The van der Waals surface area contributed by atoms with Crippen LogP contribution in [0.4, 0.5) is 0 Å². The molecule has 0 aromatic rings. The highest BCUT2D eigenvalue weighted by atomic mass is 31.3. The van der Waals surface area contributed by atoms with Crippen molar-refractivity contribution in [2.75, 3.05) is 6.61 Å². The van der Waals surface area contributed by atoms with Crippen molar-refractivity contribution in [3.8, 4) is 0 Å². The van der Waals surface area contributed by atoms with Gasteiger partial charge in [0.05, 0.1) is 12.2 Å². The molecule has 110 valence electrons. The van der Waals surface area contributed by atoms with E-state index in [-0.39, 0.29) is 0 Å². The minimum absolute atomic E-state index is 0.464. The quantitative estimate of drug-likeness (QED) is 0.554. The molecule has 0 bridgehead atoms. The number of aliphatic hydroxyl groups is 1. The highest BCUT2D eigenvalue weighted by Crippen LogP contribution is 2.58. The fourth-order valence-corrected chi connectivity index (χ4v) is 3.13. The van der Waals surface area contributed by atoms with Gasteiger partial charge >= 0.3 is 15.6 Å².